The molecule has 0 bridgehead atoms. The molecule has 5 nitrogen and oxygen atoms in total. The van der Waals surface area contributed by atoms with E-state index in [2.05, 4.69) is 28.1 Å². The molecule has 2 aromatic rings. The molecule has 0 aromatic heterocycles. The first kappa shape index (κ1) is 18.0. The Balaban J connectivity index is 1.53. The number of urea groups is 1. The van der Waals surface area contributed by atoms with E-state index < -0.39 is 0 Å². The van der Waals surface area contributed by atoms with E-state index >= 15 is 0 Å². The maximum atomic E-state index is 12.5. The minimum atomic E-state index is -0.157. The first-order valence-electron chi connectivity index (χ1n) is 9.16. The molecular formula is C21H25N3O2. The number of carbonyl (C=O) groups excluding carboxylic acids is 2. The number of hydrogen-bond acceptors (Lipinski definition) is 2. The summed E-state index contributed by atoms with van der Waals surface area (Å²) in [5, 5.41) is 8.64. The highest BCUT2D eigenvalue weighted by atomic mass is 16.2. The molecule has 1 aliphatic rings. The van der Waals surface area contributed by atoms with Crippen molar-refractivity contribution in [1.29, 1.82) is 0 Å². The molecule has 0 aliphatic heterocycles. The molecule has 0 saturated heterocycles. The van der Waals surface area contributed by atoms with Crippen molar-refractivity contribution < 1.29 is 9.59 Å². The van der Waals surface area contributed by atoms with Crippen LogP contribution in [0.15, 0.2) is 54.6 Å². The first-order chi connectivity index (χ1) is 12.7. The van der Waals surface area contributed by atoms with Gasteiger partial charge in [0.2, 0.25) is 5.91 Å². The van der Waals surface area contributed by atoms with Crippen molar-refractivity contribution in [1.82, 2.24) is 10.6 Å². The Labute approximate surface area is 154 Å². The summed E-state index contributed by atoms with van der Waals surface area (Å²) in [6.45, 7) is 2.48. The second kappa shape index (κ2) is 8.52. The van der Waals surface area contributed by atoms with Crippen LogP contribution in [0.4, 0.5) is 10.5 Å². The maximum Gasteiger partial charge on any atom is 0.314 e. The normalized spacial score (nSPS) is 19.0. The second-order valence-corrected chi connectivity index (χ2v) is 6.64. The van der Waals surface area contributed by atoms with E-state index in [0.29, 0.717) is 13.0 Å². The lowest BCUT2D eigenvalue weighted by molar-refractivity contribution is -0.119. The summed E-state index contributed by atoms with van der Waals surface area (Å²) < 4.78 is 0. The van der Waals surface area contributed by atoms with Gasteiger partial charge in [-0.2, -0.15) is 0 Å². The number of carbonyl (C=O) groups is 2. The van der Waals surface area contributed by atoms with E-state index in [9.17, 15) is 9.59 Å². The molecule has 3 rings (SSSR count). The summed E-state index contributed by atoms with van der Waals surface area (Å²) in [6, 6.07) is 17.9. The topological polar surface area (TPSA) is 70.2 Å². The highest BCUT2D eigenvalue weighted by Crippen LogP contribution is 2.27. The molecule has 3 amide bonds. The SMILES string of the molecule is CCNC(=O)N[C@H]1CC[C@@H](C(=O)Nc2ccc(-c3ccccc3)cc2)C1. The molecule has 2 aromatic carbocycles. The van der Waals surface area contributed by atoms with E-state index in [4.69, 9.17) is 0 Å². The van der Waals surface area contributed by atoms with Gasteiger partial charge in [0, 0.05) is 24.2 Å². The van der Waals surface area contributed by atoms with Gasteiger partial charge in [0.1, 0.15) is 0 Å². The van der Waals surface area contributed by atoms with Gasteiger partial charge in [0.25, 0.3) is 0 Å². The molecule has 2 atom stereocenters. The first-order valence-corrected chi connectivity index (χ1v) is 9.16. The quantitative estimate of drug-likeness (QED) is 0.767. The fourth-order valence-corrected chi connectivity index (χ4v) is 3.37. The van der Waals surface area contributed by atoms with E-state index in [1.54, 1.807) is 0 Å². The van der Waals surface area contributed by atoms with Gasteiger partial charge in [0.05, 0.1) is 0 Å². The van der Waals surface area contributed by atoms with E-state index in [-0.39, 0.29) is 23.9 Å². The number of amides is 3. The van der Waals surface area contributed by atoms with Crippen molar-refractivity contribution >= 4 is 17.6 Å². The monoisotopic (exact) mass is 351 g/mol. The smallest absolute Gasteiger partial charge is 0.314 e. The van der Waals surface area contributed by atoms with Crippen LogP contribution in [-0.2, 0) is 4.79 Å². The summed E-state index contributed by atoms with van der Waals surface area (Å²) in [7, 11) is 0. The Hall–Kier alpha value is -2.82. The highest BCUT2D eigenvalue weighted by Gasteiger charge is 2.30. The number of anilines is 1. The molecule has 3 N–H and O–H groups in total. The van der Waals surface area contributed by atoms with Gasteiger partial charge in [0.15, 0.2) is 0 Å². The van der Waals surface area contributed by atoms with Crippen LogP contribution in [-0.4, -0.2) is 24.5 Å². The molecule has 5 heteroatoms. The average Bonchev–Trinajstić information content (AvgIpc) is 3.12. The molecule has 26 heavy (non-hydrogen) atoms. The molecule has 1 aliphatic carbocycles. The Morgan fingerprint density at radius 3 is 2.35 bits per heavy atom. The molecule has 0 radical (unpaired) electrons. The third kappa shape index (κ3) is 4.63. The van der Waals surface area contributed by atoms with Crippen LogP contribution < -0.4 is 16.0 Å². The minimum absolute atomic E-state index is 0.0256. The molecular weight excluding hydrogens is 326 g/mol. The predicted octanol–water partition coefficient (Wildman–Crippen LogP) is 3.78. The molecule has 0 heterocycles. The lowest BCUT2D eigenvalue weighted by Gasteiger charge is -2.14. The Kier molecular flexibility index (Phi) is 5.89. The van der Waals surface area contributed by atoms with Crippen LogP contribution >= 0.6 is 0 Å². The largest absolute Gasteiger partial charge is 0.338 e. The fraction of sp³-hybridized carbons (Fsp3) is 0.333. The zero-order valence-corrected chi connectivity index (χ0v) is 15.0. The van der Waals surface area contributed by atoms with Gasteiger partial charge in [-0.15, -0.1) is 0 Å². The van der Waals surface area contributed by atoms with Crippen LogP contribution in [0.5, 0.6) is 0 Å². The molecule has 136 valence electrons. The van der Waals surface area contributed by atoms with Gasteiger partial charge in [-0.25, -0.2) is 4.79 Å². The van der Waals surface area contributed by atoms with Crippen LogP contribution in [0.25, 0.3) is 11.1 Å². The Bertz CT molecular complexity index is 744. The molecule has 1 saturated carbocycles. The van der Waals surface area contributed by atoms with Crippen molar-refractivity contribution in [2.24, 2.45) is 5.92 Å². The van der Waals surface area contributed by atoms with Crippen LogP contribution in [0.2, 0.25) is 0 Å². The van der Waals surface area contributed by atoms with Crippen molar-refractivity contribution in [3.63, 3.8) is 0 Å². The third-order valence-corrected chi connectivity index (χ3v) is 4.74. The van der Waals surface area contributed by atoms with Gasteiger partial charge >= 0.3 is 6.03 Å². The molecule has 0 unspecified atom stereocenters. The lowest BCUT2D eigenvalue weighted by atomic mass is 10.0. The van der Waals surface area contributed by atoms with Crippen LogP contribution in [0, 0.1) is 5.92 Å². The van der Waals surface area contributed by atoms with E-state index in [1.165, 1.54) is 0 Å². The average molecular weight is 351 g/mol. The number of rotatable bonds is 5. The third-order valence-electron chi connectivity index (χ3n) is 4.74. The van der Waals surface area contributed by atoms with Gasteiger partial charge < -0.3 is 16.0 Å². The van der Waals surface area contributed by atoms with Crippen molar-refractivity contribution in [3.05, 3.63) is 54.6 Å². The van der Waals surface area contributed by atoms with Crippen molar-refractivity contribution in [2.75, 3.05) is 11.9 Å². The summed E-state index contributed by atoms with van der Waals surface area (Å²) in [5.74, 6) is -0.0339. The lowest BCUT2D eigenvalue weighted by Crippen LogP contribution is -2.41. The zero-order valence-electron chi connectivity index (χ0n) is 15.0. The Morgan fingerprint density at radius 2 is 1.65 bits per heavy atom. The molecule has 1 fully saturated rings. The summed E-state index contributed by atoms with van der Waals surface area (Å²) in [6.07, 6.45) is 2.32. The highest BCUT2D eigenvalue weighted by molar-refractivity contribution is 5.93. The molecule has 0 spiro atoms. The van der Waals surface area contributed by atoms with Gasteiger partial charge in [-0.1, -0.05) is 42.5 Å². The van der Waals surface area contributed by atoms with Gasteiger partial charge in [-0.05, 0) is 49.4 Å². The second-order valence-electron chi connectivity index (χ2n) is 6.64. The van der Waals surface area contributed by atoms with Crippen LogP contribution in [0.1, 0.15) is 26.2 Å². The Morgan fingerprint density at radius 1 is 0.962 bits per heavy atom. The summed E-state index contributed by atoms with van der Waals surface area (Å²) in [5.41, 5.74) is 3.07. The summed E-state index contributed by atoms with van der Waals surface area (Å²) in [4.78, 5) is 24.1. The number of hydrogen-bond donors (Lipinski definition) is 3. The predicted molar refractivity (Wildman–Crippen MR) is 104 cm³/mol. The number of nitrogens with one attached hydrogen (secondary N) is 3. The van der Waals surface area contributed by atoms with E-state index in [1.807, 2.05) is 49.4 Å². The zero-order chi connectivity index (χ0) is 18.4. The number of benzene rings is 2. The van der Waals surface area contributed by atoms with E-state index in [0.717, 1.165) is 29.7 Å². The standard InChI is InChI=1S/C21H25N3O2/c1-2-22-21(26)24-19-13-10-17(14-19)20(25)23-18-11-8-16(9-12-18)15-6-4-3-5-7-15/h3-9,11-12,17,19H,2,10,13-14H2,1H3,(H,23,25)(H2,22,24,26)/t17-,19+/m1/s1. The van der Waals surface area contributed by atoms with Crippen LogP contribution in [0.3, 0.4) is 0 Å². The minimum Gasteiger partial charge on any atom is -0.338 e. The van der Waals surface area contributed by atoms with Crippen molar-refractivity contribution in [2.45, 2.75) is 32.2 Å². The fourth-order valence-electron chi connectivity index (χ4n) is 3.37. The van der Waals surface area contributed by atoms with Crippen molar-refractivity contribution in [3.8, 4) is 11.1 Å². The summed E-state index contributed by atoms with van der Waals surface area (Å²) >= 11 is 0. The van der Waals surface area contributed by atoms with Gasteiger partial charge in [-0.3, -0.25) is 4.79 Å². The maximum absolute atomic E-state index is 12.5.